The highest BCUT2D eigenvalue weighted by Crippen LogP contribution is 2.15. The molecule has 0 heterocycles. The van der Waals surface area contributed by atoms with Crippen molar-refractivity contribution in [3.63, 3.8) is 0 Å². The smallest absolute Gasteiger partial charge is 0.120 e. The molecular formula is C15H21NO. The zero-order valence-electron chi connectivity index (χ0n) is 10.7. The molecule has 0 aliphatic rings. The van der Waals surface area contributed by atoms with Gasteiger partial charge < -0.3 is 10.5 Å². The molecule has 0 aliphatic heterocycles. The summed E-state index contributed by atoms with van der Waals surface area (Å²) in [6, 6.07) is 7.86. The molecule has 1 aromatic carbocycles. The van der Waals surface area contributed by atoms with Gasteiger partial charge in [-0.1, -0.05) is 44.6 Å². The number of nitrogens with two attached hydrogens (primary N) is 1. The van der Waals surface area contributed by atoms with E-state index in [1.54, 1.807) is 0 Å². The highest BCUT2D eigenvalue weighted by Gasteiger charge is 2.04. The van der Waals surface area contributed by atoms with Crippen LogP contribution in [0.1, 0.15) is 32.3 Å². The number of benzene rings is 1. The number of ether oxygens (including phenoxy) is 1. The van der Waals surface area contributed by atoms with Gasteiger partial charge in [0.2, 0.25) is 0 Å². The second-order valence-electron chi connectivity index (χ2n) is 4.03. The number of hydrogen-bond acceptors (Lipinski definition) is 2. The van der Waals surface area contributed by atoms with Gasteiger partial charge in [0, 0.05) is 5.56 Å². The molecule has 2 heteroatoms. The second kappa shape index (κ2) is 7.76. The summed E-state index contributed by atoms with van der Waals surface area (Å²) in [6.07, 6.45) is 2.31. The summed E-state index contributed by atoms with van der Waals surface area (Å²) < 4.78 is 5.77. The zero-order valence-corrected chi connectivity index (χ0v) is 10.7. The van der Waals surface area contributed by atoms with Crippen LogP contribution < -0.4 is 10.5 Å². The highest BCUT2D eigenvalue weighted by atomic mass is 16.5. The summed E-state index contributed by atoms with van der Waals surface area (Å²) in [7, 11) is 0. The molecule has 0 spiro atoms. The molecule has 0 saturated carbocycles. The molecule has 0 unspecified atom stereocenters. The molecule has 92 valence electrons. The van der Waals surface area contributed by atoms with Gasteiger partial charge in [-0.2, -0.15) is 0 Å². The van der Waals surface area contributed by atoms with Crippen LogP contribution in [0.25, 0.3) is 0 Å². The van der Waals surface area contributed by atoms with Crippen LogP contribution in [0.15, 0.2) is 24.3 Å². The molecule has 0 aliphatic carbocycles. The van der Waals surface area contributed by atoms with E-state index in [0.717, 1.165) is 30.8 Å². The van der Waals surface area contributed by atoms with Crippen LogP contribution in [0.3, 0.4) is 0 Å². The number of rotatable bonds is 5. The van der Waals surface area contributed by atoms with Crippen molar-refractivity contribution in [2.24, 2.45) is 11.7 Å². The van der Waals surface area contributed by atoms with Gasteiger partial charge in [-0.05, 0) is 24.1 Å². The Morgan fingerprint density at radius 3 is 2.71 bits per heavy atom. The molecule has 0 atom stereocenters. The number of hydrogen-bond donors (Lipinski definition) is 1. The Morgan fingerprint density at radius 2 is 2.06 bits per heavy atom. The van der Waals surface area contributed by atoms with Gasteiger partial charge in [-0.15, -0.1) is 0 Å². The average molecular weight is 231 g/mol. The third kappa shape index (κ3) is 4.93. The van der Waals surface area contributed by atoms with Gasteiger partial charge in [0.05, 0.1) is 13.2 Å². The summed E-state index contributed by atoms with van der Waals surface area (Å²) in [5.74, 6) is 7.37. The maximum absolute atomic E-state index is 5.77. The topological polar surface area (TPSA) is 35.2 Å². The molecule has 0 bridgehead atoms. The zero-order chi connectivity index (χ0) is 12.5. The van der Waals surface area contributed by atoms with Crippen LogP contribution in [0.4, 0.5) is 0 Å². The fraction of sp³-hybridized carbons (Fsp3) is 0.467. The molecule has 2 N–H and O–H groups in total. The summed E-state index contributed by atoms with van der Waals surface area (Å²) in [5, 5.41) is 0. The van der Waals surface area contributed by atoms with Gasteiger partial charge >= 0.3 is 0 Å². The minimum absolute atomic E-state index is 0.388. The predicted octanol–water partition coefficient (Wildman–Crippen LogP) is 2.81. The first-order valence-electron chi connectivity index (χ1n) is 6.21. The van der Waals surface area contributed by atoms with Gasteiger partial charge in [0.25, 0.3) is 0 Å². The lowest BCUT2D eigenvalue weighted by Gasteiger charge is -2.13. The molecule has 2 nitrogen and oxygen atoms in total. The van der Waals surface area contributed by atoms with Crippen LogP contribution in [-0.2, 0) is 0 Å². The Kier molecular flexibility index (Phi) is 6.21. The van der Waals surface area contributed by atoms with E-state index >= 15 is 0 Å². The van der Waals surface area contributed by atoms with Crippen molar-refractivity contribution in [3.05, 3.63) is 29.8 Å². The average Bonchev–Trinajstić information content (AvgIpc) is 2.38. The molecule has 0 aromatic heterocycles. The summed E-state index contributed by atoms with van der Waals surface area (Å²) in [4.78, 5) is 0. The maximum atomic E-state index is 5.77. The standard InChI is InChI=1S/C15H21NO/c1-3-13(4-2)12-17-15-9-5-7-14(11-15)8-6-10-16/h5,7,9,11,13H,3-4,10,12,16H2,1-2H3. The molecular weight excluding hydrogens is 210 g/mol. The SMILES string of the molecule is CCC(CC)COc1cccc(C#CCN)c1. The minimum Gasteiger partial charge on any atom is -0.493 e. The van der Waals surface area contributed by atoms with Gasteiger partial charge in [-0.3, -0.25) is 0 Å². The Morgan fingerprint density at radius 1 is 1.29 bits per heavy atom. The van der Waals surface area contributed by atoms with E-state index in [1.165, 1.54) is 0 Å². The van der Waals surface area contributed by atoms with Crippen molar-refractivity contribution in [1.29, 1.82) is 0 Å². The molecule has 0 amide bonds. The summed E-state index contributed by atoms with van der Waals surface area (Å²) >= 11 is 0. The van der Waals surface area contributed by atoms with Crippen molar-refractivity contribution in [1.82, 2.24) is 0 Å². The van der Waals surface area contributed by atoms with Crippen LogP contribution in [0, 0.1) is 17.8 Å². The van der Waals surface area contributed by atoms with E-state index < -0.39 is 0 Å². The van der Waals surface area contributed by atoms with E-state index in [9.17, 15) is 0 Å². The lowest BCUT2D eigenvalue weighted by molar-refractivity contribution is 0.240. The molecule has 0 fully saturated rings. The normalized spacial score (nSPS) is 9.88. The summed E-state index contributed by atoms with van der Waals surface area (Å²) in [6.45, 7) is 5.56. The Bertz CT molecular complexity index is 385. The van der Waals surface area contributed by atoms with Gasteiger partial charge in [-0.25, -0.2) is 0 Å². The minimum atomic E-state index is 0.388. The monoisotopic (exact) mass is 231 g/mol. The first kappa shape index (κ1) is 13.6. The fourth-order valence-electron chi connectivity index (χ4n) is 1.56. The van der Waals surface area contributed by atoms with Crippen molar-refractivity contribution in [3.8, 4) is 17.6 Å². The molecule has 0 saturated heterocycles. The molecule has 1 rings (SSSR count). The van der Waals surface area contributed by atoms with Crippen LogP contribution >= 0.6 is 0 Å². The van der Waals surface area contributed by atoms with E-state index in [4.69, 9.17) is 10.5 Å². The van der Waals surface area contributed by atoms with Crippen molar-refractivity contribution in [2.45, 2.75) is 26.7 Å². The Hall–Kier alpha value is -1.46. The first-order valence-corrected chi connectivity index (χ1v) is 6.21. The first-order chi connectivity index (χ1) is 8.30. The Balaban J connectivity index is 2.59. The predicted molar refractivity (Wildman–Crippen MR) is 71.9 cm³/mol. The van der Waals surface area contributed by atoms with Crippen LogP contribution in [0.2, 0.25) is 0 Å². The van der Waals surface area contributed by atoms with Crippen LogP contribution in [0.5, 0.6) is 5.75 Å². The largest absolute Gasteiger partial charge is 0.493 e. The summed E-state index contributed by atoms with van der Waals surface area (Å²) in [5.41, 5.74) is 6.30. The lowest BCUT2D eigenvalue weighted by atomic mass is 10.1. The molecule has 0 radical (unpaired) electrons. The van der Waals surface area contributed by atoms with Crippen LogP contribution in [-0.4, -0.2) is 13.2 Å². The van der Waals surface area contributed by atoms with E-state index in [-0.39, 0.29) is 0 Å². The van der Waals surface area contributed by atoms with Crippen molar-refractivity contribution in [2.75, 3.05) is 13.2 Å². The quantitative estimate of drug-likeness (QED) is 0.791. The van der Waals surface area contributed by atoms with E-state index in [2.05, 4.69) is 25.7 Å². The maximum Gasteiger partial charge on any atom is 0.120 e. The van der Waals surface area contributed by atoms with Crippen molar-refractivity contribution >= 4 is 0 Å². The molecule has 1 aromatic rings. The Labute approximate surface area is 104 Å². The van der Waals surface area contributed by atoms with Gasteiger partial charge in [0.1, 0.15) is 5.75 Å². The molecule has 17 heavy (non-hydrogen) atoms. The third-order valence-electron chi connectivity index (χ3n) is 2.81. The lowest BCUT2D eigenvalue weighted by Crippen LogP contribution is -2.10. The second-order valence-corrected chi connectivity index (χ2v) is 4.03. The van der Waals surface area contributed by atoms with Crippen molar-refractivity contribution < 1.29 is 4.74 Å². The fourth-order valence-corrected chi connectivity index (χ4v) is 1.56. The highest BCUT2D eigenvalue weighted by molar-refractivity contribution is 5.39. The van der Waals surface area contributed by atoms with Gasteiger partial charge in [0.15, 0.2) is 0 Å². The van der Waals surface area contributed by atoms with E-state index in [1.807, 2.05) is 24.3 Å². The van der Waals surface area contributed by atoms with E-state index in [0.29, 0.717) is 12.5 Å². The third-order valence-corrected chi connectivity index (χ3v) is 2.81.